The van der Waals surface area contributed by atoms with Crippen molar-refractivity contribution < 1.29 is 26.7 Å². The van der Waals surface area contributed by atoms with E-state index in [0.717, 1.165) is 24.5 Å². The molecule has 0 saturated heterocycles. The van der Waals surface area contributed by atoms with Gasteiger partial charge in [-0.05, 0) is 25.1 Å². The van der Waals surface area contributed by atoms with Gasteiger partial charge in [0.15, 0.2) is 0 Å². The van der Waals surface area contributed by atoms with Crippen molar-refractivity contribution in [2.75, 3.05) is 12.0 Å². The third kappa shape index (κ3) is 5.27. The van der Waals surface area contributed by atoms with Crippen LogP contribution in [-0.2, 0) is 19.9 Å². The van der Waals surface area contributed by atoms with Gasteiger partial charge < -0.3 is 5.11 Å². The predicted molar refractivity (Wildman–Crippen MR) is 77.9 cm³/mol. The number of carboxylic acid groups (broad SMARTS) is 1. The highest BCUT2D eigenvalue weighted by Gasteiger charge is 2.21. The molecule has 0 spiro atoms. The third-order valence-corrected chi connectivity index (χ3v) is 5.40. The molecule has 1 atom stereocenters. The molecule has 2 N–H and O–H groups in total. The van der Waals surface area contributed by atoms with Crippen molar-refractivity contribution in [1.29, 1.82) is 0 Å². The first-order valence-electron chi connectivity index (χ1n) is 5.65. The first-order valence-corrected chi connectivity index (χ1v) is 9.57. The molecular weight excluding hydrogens is 342 g/mol. The minimum atomic E-state index is -3.99. The van der Waals surface area contributed by atoms with E-state index in [2.05, 4.69) is 4.72 Å². The fourth-order valence-electron chi connectivity index (χ4n) is 1.66. The van der Waals surface area contributed by atoms with Gasteiger partial charge in [0.25, 0.3) is 0 Å². The van der Waals surface area contributed by atoms with E-state index in [1.54, 1.807) is 0 Å². The van der Waals surface area contributed by atoms with Crippen LogP contribution in [0.5, 0.6) is 0 Å². The minimum absolute atomic E-state index is 0.221. The highest BCUT2D eigenvalue weighted by molar-refractivity contribution is 7.91. The predicted octanol–water partition coefficient (Wildman–Crippen LogP) is 0.750. The first kappa shape index (κ1) is 17.9. The summed E-state index contributed by atoms with van der Waals surface area (Å²) in [5.41, 5.74) is -0.222. The number of sulfone groups is 1. The zero-order chi connectivity index (χ0) is 16.4. The van der Waals surface area contributed by atoms with E-state index in [-0.39, 0.29) is 21.2 Å². The molecule has 0 heterocycles. The molecule has 21 heavy (non-hydrogen) atoms. The summed E-state index contributed by atoms with van der Waals surface area (Å²) < 4.78 is 48.5. The SMILES string of the molecule is CC(CS(C)(=O)=O)NS(=O)(=O)c1ccc(C(=O)O)c(Cl)c1. The van der Waals surface area contributed by atoms with Crippen molar-refractivity contribution in [2.45, 2.75) is 17.9 Å². The molecule has 0 saturated carbocycles. The van der Waals surface area contributed by atoms with Gasteiger partial charge in [0, 0.05) is 12.3 Å². The van der Waals surface area contributed by atoms with E-state index in [0.29, 0.717) is 0 Å². The van der Waals surface area contributed by atoms with Gasteiger partial charge in [-0.3, -0.25) is 0 Å². The van der Waals surface area contributed by atoms with Gasteiger partial charge >= 0.3 is 5.97 Å². The smallest absolute Gasteiger partial charge is 0.337 e. The first-order chi connectivity index (χ1) is 9.42. The van der Waals surface area contributed by atoms with Crippen LogP contribution in [0, 0.1) is 0 Å². The van der Waals surface area contributed by atoms with Gasteiger partial charge in [0.1, 0.15) is 9.84 Å². The Balaban J connectivity index is 3.04. The van der Waals surface area contributed by atoms with Crippen molar-refractivity contribution in [1.82, 2.24) is 4.72 Å². The fourth-order valence-corrected chi connectivity index (χ4v) is 4.35. The highest BCUT2D eigenvalue weighted by Crippen LogP contribution is 2.21. The summed E-state index contributed by atoms with van der Waals surface area (Å²) in [5.74, 6) is -1.63. The van der Waals surface area contributed by atoms with Gasteiger partial charge in [0.05, 0.1) is 21.2 Å². The number of rotatable bonds is 6. The van der Waals surface area contributed by atoms with Crippen LogP contribution in [0.25, 0.3) is 0 Å². The Morgan fingerprint density at radius 1 is 1.33 bits per heavy atom. The van der Waals surface area contributed by atoms with Crippen molar-refractivity contribution in [3.8, 4) is 0 Å². The van der Waals surface area contributed by atoms with Crippen molar-refractivity contribution in [3.63, 3.8) is 0 Å². The molecule has 1 aromatic carbocycles. The molecule has 0 aliphatic rings. The molecule has 7 nitrogen and oxygen atoms in total. The van der Waals surface area contributed by atoms with Crippen LogP contribution in [-0.4, -0.2) is 46.0 Å². The Labute approximate surface area is 127 Å². The second-order valence-electron chi connectivity index (χ2n) is 4.56. The van der Waals surface area contributed by atoms with Crippen molar-refractivity contribution in [3.05, 3.63) is 28.8 Å². The third-order valence-electron chi connectivity index (χ3n) is 2.39. The van der Waals surface area contributed by atoms with E-state index in [1.165, 1.54) is 6.92 Å². The number of carbonyl (C=O) groups is 1. The molecule has 0 aliphatic carbocycles. The molecule has 118 valence electrons. The number of halogens is 1. The maximum atomic E-state index is 12.0. The van der Waals surface area contributed by atoms with Crippen LogP contribution < -0.4 is 4.72 Å². The van der Waals surface area contributed by atoms with Crippen molar-refractivity contribution >= 4 is 37.4 Å². The molecule has 1 aromatic rings. The molecule has 0 aromatic heterocycles. The molecule has 0 aliphatic heterocycles. The van der Waals surface area contributed by atoms with E-state index >= 15 is 0 Å². The summed E-state index contributed by atoms with van der Waals surface area (Å²) >= 11 is 5.70. The number of aromatic carboxylic acids is 1. The Bertz CT molecular complexity index is 757. The Hall–Kier alpha value is -1.16. The maximum absolute atomic E-state index is 12.0. The molecule has 1 unspecified atom stereocenters. The van der Waals surface area contributed by atoms with Crippen LogP contribution in [0.15, 0.2) is 23.1 Å². The molecule has 0 radical (unpaired) electrons. The van der Waals surface area contributed by atoms with Crippen molar-refractivity contribution in [2.24, 2.45) is 0 Å². The van der Waals surface area contributed by atoms with Gasteiger partial charge in [-0.2, -0.15) is 0 Å². The van der Waals surface area contributed by atoms with Gasteiger partial charge in [-0.1, -0.05) is 11.6 Å². The van der Waals surface area contributed by atoms with Gasteiger partial charge in [-0.15, -0.1) is 0 Å². The lowest BCUT2D eigenvalue weighted by Gasteiger charge is -2.13. The monoisotopic (exact) mass is 355 g/mol. The number of hydrogen-bond acceptors (Lipinski definition) is 5. The summed E-state index contributed by atoms with van der Waals surface area (Å²) in [4.78, 5) is 10.6. The van der Waals surface area contributed by atoms with Crippen LogP contribution in [0.3, 0.4) is 0 Å². The van der Waals surface area contributed by atoms with Crippen LogP contribution in [0.2, 0.25) is 5.02 Å². The second-order valence-corrected chi connectivity index (χ2v) is 8.87. The minimum Gasteiger partial charge on any atom is -0.478 e. The average Bonchev–Trinajstić information content (AvgIpc) is 2.24. The largest absolute Gasteiger partial charge is 0.478 e. The van der Waals surface area contributed by atoms with E-state index in [4.69, 9.17) is 16.7 Å². The van der Waals surface area contributed by atoms with Crippen LogP contribution >= 0.6 is 11.6 Å². The molecule has 10 heteroatoms. The number of carboxylic acids is 1. The second kappa shape index (κ2) is 6.30. The lowest BCUT2D eigenvalue weighted by Crippen LogP contribution is -2.37. The summed E-state index contributed by atoms with van der Waals surface area (Å²) in [6.07, 6.45) is 0.996. The lowest BCUT2D eigenvalue weighted by molar-refractivity contribution is 0.0697. The Kier molecular flexibility index (Phi) is 5.37. The molecule has 0 fully saturated rings. The topological polar surface area (TPSA) is 118 Å². The molecule has 1 rings (SSSR count). The molecule has 0 bridgehead atoms. The quantitative estimate of drug-likeness (QED) is 0.777. The number of nitrogens with one attached hydrogen (secondary N) is 1. The highest BCUT2D eigenvalue weighted by atomic mass is 35.5. The zero-order valence-corrected chi connectivity index (χ0v) is 13.6. The summed E-state index contributed by atoms with van der Waals surface area (Å²) in [6.45, 7) is 1.41. The number of hydrogen-bond donors (Lipinski definition) is 2. The van der Waals surface area contributed by atoms with Gasteiger partial charge in [0.2, 0.25) is 10.0 Å². The lowest BCUT2D eigenvalue weighted by atomic mass is 10.2. The fraction of sp³-hybridized carbons (Fsp3) is 0.364. The van der Waals surface area contributed by atoms with Crippen LogP contribution in [0.1, 0.15) is 17.3 Å². The zero-order valence-electron chi connectivity index (χ0n) is 11.2. The Morgan fingerprint density at radius 3 is 2.33 bits per heavy atom. The van der Waals surface area contributed by atoms with E-state index in [1.807, 2.05) is 0 Å². The van der Waals surface area contributed by atoms with Gasteiger partial charge in [-0.25, -0.2) is 26.4 Å². The Morgan fingerprint density at radius 2 is 1.90 bits per heavy atom. The normalized spacial score (nSPS) is 13.9. The summed E-state index contributed by atoms with van der Waals surface area (Å²) in [5, 5.41) is 8.59. The number of sulfonamides is 1. The van der Waals surface area contributed by atoms with E-state index < -0.39 is 31.9 Å². The standard InChI is InChI=1S/C11H14ClNO6S2/c1-7(6-20(2,16)17)13-21(18,19)8-3-4-9(11(14)15)10(12)5-8/h3-5,7,13H,6H2,1-2H3,(H,14,15). The molecule has 0 amide bonds. The summed E-state index contributed by atoms with van der Waals surface area (Å²) in [6, 6.07) is 2.33. The maximum Gasteiger partial charge on any atom is 0.337 e. The average molecular weight is 356 g/mol. The number of benzene rings is 1. The van der Waals surface area contributed by atoms with E-state index in [9.17, 15) is 21.6 Å². The van der Waals surface area contributed by atoms with Crippen LogP contribution in [0.4, 0.5) is 0 Å². The molecular formula is C11H14ClNO6S2. The summed E-state index contributed by atoms with van der Waals surface area (Å²) in [7, 11) is -7.32.